The number of hydrogen-bond donors (Lipinski definition) is 3. The number of carbonyl (C=O) groups excluding carboxylic acids is 3. The molecule has 4 atom stereocenters. The molecule has 1 saturated carbocycles. The van der Waals surface area contributed by atoms with E-state index in [1.54, 1.807) is 13.2 Å². The molecule has 14 nitrogen and oxygen atoms in total. The van der Waals surface area contributed by atoms with Crippen molar-refractivity contribution in [3.05, 3.63) is 94.4 Å². The number of benzene rings is 2. The molecular weight excluding hydrogens is 847 g/mol. The van der Waals surface area contributed by atoms with Crippen molar-refractivity contribution in [2.24, 2.45) is 5.92 Å². The minimum Gasteiger partial charge on any atom is -0.385 e. The molecule has 5 aromatic rings. The van der Waals surface area contributed by atoms with Gasteiger partial charge in [-0.05, 0) is 66.8 Å². The molecule has 3 N–H and O–H groups in total. The Morgan fingerprint density at radius 2 is 1.78 bits per heavy atom. The number of pyridine rings is 1. The van der Waals surface area contributed by atoms with Crippen LogP contribution in [0.15, 0.2) is 67.0 Å². The number of likely N-dealkylation sites (tertiary alicyclic amines) is 1. The summed E-state index contributed by atoms with van der Waals surface area (Å²) in [6.07, 6.45) is 4.36. The minimum absolute atomic E-state index is 0.227. The molecule has 0 radical (unpaired) electrons. The number of imide groups is 1. The summed E-state index contributed by atoms with van der Waals surface area (Å²) >= 11 is 6.63. The second-order valence-electron chi connectivity index (χ2n) is 17.6. The van der Waals surface area contributed by atoms with Crippen LogP contribution in [-0.2, 0) is 22.6 Å². The van der Waals surface area contributed by atoms with Crippen LogP contribution in [0.25, 0.3) is 16.9 Å². The van der Waals surface area contributed by atoms with Crippen LogP contribution >= 0.6 is 11.6 Å². The fraction of sp³-hybridized carbons (Fsp3) is 0.435. The number of piperazine rings is 1. The maximum absolute atomic E-state index is 15.8. The third-order valence-electron chi connectivity index (χ3n) is 13.4. The SMILES string of the molecule is CNc1cc(N2CCc3c(-c4ccc(CN5CCC(CN6CCN(c7ccc(C8CCC(=O)NC8=O)c(Cl)c7)CC6)C(F)(F)C5)cn4)cccc32)nn2c(C(=O)N[C@@H]3C[C@@H]3F)cnc12. The highest BCUT2D eigenvalue weighted by Gasteiger charge is 2.45. The zero-order chi connectivity index (χ0) is 44.3. The topological polar surface area (TPSA) is 143 Å². The van der Waals surface area contributed by atoms with Crippen LogP contribution in [0, 0.1) is 5.92 Å². The van der Waals surface area contributed by atoms with Crippen molar-refractivity contribution in [1.82, 2.24) is 40.0 Å². The van der Waals surface area contributed by atoms with Gasteiger partial charge in [0.2, 0.25) is 11.8 Å². The number of halogens is 4. The summed E-state index contributed by atoms with van der Waals surface area (Å²) in [6.45, 7) is 4.29. The van der Waals surface area contributed by atoms with Gasteiger partial charge in [-0.25, -0.2) is 22.7 Å². The van der Waals surface area contributed by atoms with E-state index in [0.29, 0.717) is 99.4 Å². The maximum Gasteiger partial charge on any atom is 0.271 e. The number of fused-ring (bicyclic) bond motifs is 2. The average molecular weight is 896 g/mol. The third-order valence-corrected chi connectivity index (χ3v) is 13.8. The lowest BCUT2D eigenvalue weighted by atomic mass is 9.90. The van der Waals surface area contributed by atoms with Gasteiger partial charge in [0.25, 0.3) is 11.8 Å². The van der Waals surface area contributed by atoms with Gasteiger partial charge in [0, 0.05) is 106 Å². The van der Waals surface area contributed by atoms with Crippen LogP contribution in [0.5, 0.6) is 0 Å². The molecule has 1 aliphatic carbocycles. The van der Waals surface area contributed by atoms with Gasteiger partial charge in [0.15, 0.2) is 17.2 Å². The molecule has 4 fully saturated rings. The van der Waals surface area contributed by atoms with E-state index in [-0.39, 0.29) is 30.5 Å². The summed E-state index contributed by atoms with van der Waals surface area (Å²) < 4.78 is 46.6. The summed E-state index contributed by atoms with van der Waals surface area (Å²) in [5.41, 5.74) is 7.76. The summed E-state index contributed by atoms with van der Waals surface area (Å²) in [5.74, 6) is -4.43. The predicted molar refractivity (Wildman–Crippen MR) is 237 cm³/mol. The second-order valence-corrected chi connectivity index (χ2v) is 18.0. The normalized spacial score (nSPS) is 23.6. The van der Waals surface area contributed by atoms with E-state index in [9.17, 15) is 18.8 Å². The van der Waals surface area contributed by atoms with Crippen LogP contribution in [-0.4, -0.2) is 125 Å². The monoisotopic (exact) mass is 895 g/mol. The fourth-order valence-corrected chi connectivity index (χ4v) is 10.0. The number of alkyl halides is 3. The lowest BCUT2D eigenvalue weighted by Gasteiger charge is -2.42. The summed E-state index contributed by atoms with van der Waals surface area (Å²) in [6, 6.07) is 17.1. The van der Waals surface area contributed by atoms with E-state index >= 15 is 8.78 Å². The Balaban J connectivity index is 0.745. The number of nitrogens with zero attached hydrogens (tertiary/aromatic N) is 8. The number of amides is 3. The Bertz CT molecular complexity index is 2620. The first-order valence-corrected chi connectivity index (χ1v) is 22.4. The van der Waals surface area contributed by atoms with Crippen molar-refractivity contribution < 1.29 is 27.6 Å². The average Bonchev–Trinajstić information content (AvgIpc) is 3.59. The molecule has 5 aliphatic rings. The van der Waals surface area contributed by atoms with Crippen LogP contribution in [0.2, 0.25) is 5.02 Å². The van der Waals surface area contributed by atoms with Crippen molar-refractivity contribution in [3.8, 4) is 11.3 Å². The highest BCUT2D eigenvalue weighted by molar-refractivity contribution is 6.32. The molecule has 0 bridgehead atoms. The highest BCUT2D eigenvalue weighted by Crippen LogP contribution is 2.41. The largest absolute Gasteiger partial charge is 0.385 e. The zero-order valence-electron chi connectivity index (χ0n) is 35.4. The first kappa shape index (κ1) is 42.2. The van der Waals surface area contributed by atoms with E-state index in [4.69, 9.17) is 21.7 Å². The second kappa shape index (κ2) is 17.0. The summed E-state index contributed by atoms with van der Waals surface area (Å²) in [4.78, 5) is 54.5. The Hall–Kier alpha value is -5.78. The van der Waals surface area contributed by atoms with Gasteiger partial charge >= 0.3 is 0 Å². The standard InChI is InChI=1S/C46H49ClF3N11O3/c1-51-38-21-41(56-61-40(23-53-43(38)61)45(64)54-37-20-35(37)48)60-14-12-32-31(3-2-4-39(32)60)36-9-5-27(22-52-36)24-58-13-11-28(46(49,50)26-58)25-57-15-17-59(18-16-57)29-6-7-30(34(47)19-29)33-8-10-42(62)55-44(33)63/h2-7,9,19,21-23,28,33,35,37,51H,8,10-18,20,24-26H2,1H3,(H,54,64)(H,55,62,63)/t28?,33?,35-,37+/m0/s1. The van der Waals surface area contributed by atoms with E-state index in [2.05, 4.69) is 35.6 Å². The predicted octanol–water partition coefficient (Wildman–Crippen LogP) is 5.82. The molecular formula is C46H49ClF3N11O3. The van der Waals surface area contributed by atoms with Crippen LogP contribution in [0.3, 0.4) is 0 Å². The molecule has 3 saturated heterocycles. The smallest absolute Gasteiger partial charge is 0.271 e. The third kappa shape index (κ3) is 8.24. The molecule has 334 valence electrons. The number of aromatic nitrogens is 4. The molecule has 2 unspecified atom stereocenters. The van der Waals surface area contributed by atoms with E-state index < -0.39 is 35.9 Å². The summed E-state index contributed by atoms with van der Waals surface area (Å²) in [7, 11) is 1.78. The minimum atomic E-state index is -2.84. The Kier molecular flexibility index (Phi) is 11.2. The van der Waals surface area contributed by atoms with Crippen molar-refractivity contribution in [2.45, 2.75) is 62.7 Å². The van der Waals surface area contributed by atoms with Crippen molar-refractivity contribution >= 4 is 57.8 Å². The molecule has 3 aromatic heterocycles. The molecule has 4 aliphatic heterocycles. The number of nitrogens with one attached hydrogen (secondary N) is 3. The maximum atomic E-state index is 15.8. The molecule has 2 aromatic carbocycles. The summed E-state index contributed by atoms with van der Waals surface area (Å²) in [5, 5.41) is 13.6. The number of anilines is 4. The van der Waals surface area contributed by atoms with Gasteiger partial charge in [-0.1, -0.05) is 35.9 Å². The number of piperidine rings is 2. The van der Waals surface area contributed by atoms with Gasteiger partial charge < -0.3 is 20.4 Å². The van der Waals surface area contributed by atoms with Crippen LogP contribution in [0.4, 0.5) is 36.1 Å². The molecule has 18 heteroatoms. The van der Waals surface area contributed by atoms with Gasteiger partial charge in [0.05, 0.1) is 36.1 Å². The van der Waals surface area contributed by atoms with Gasteiger partial charge in [-0.15, -0.1) is 5.10 Å². The van der Waals surface area contributed by atoms with Gasteiger partial charge in [-0.3, -0.25) is 34.5 Å². The lowest BCUT2D eigenvalue weighted by molar-refractivity contribution is -0.134. The molecule has 7 heterocycles. The van der Waals surface area contributed by atoms with E-state index in [0.717, 1.165) is 40.2 Å². The highest BCUT2D eigenvalue weighted by atomic mass is 35.5. The quantitative estimate of drug-likeness (QED) is 0.138. The van der Waals surface area contributed by atoms with E-state index in [1.165, 1.54) is 10.7 Å². The van der Waals surface area contributed by atoms with Gasteiger partial charge in [0.1, 0.15) is 6.17 Å². The number of carbonyl (C=O) groups is 3. The van der Waals surface area contributed by atoms with Crippen LogP contribution in [0.1, 0.15) is 58.8 Å². The Morgan fingerprint density at radius 3 is 2.50 bits per heavy atom. The van der Waals surface area contributed by atoms with Gasteiger partial charge in [-0.2, -0.15) is 0 Å². The Labute approximate surface area is 373 Å². The molecule has 3 amide bonds. The Morgan fingerprint density at radius 1 is 0.953 bits per heavy atom. The molecule has 64 heavy (non-hydrogen) atoms. The lowest BCUT2D eigenvalue weighted by Crippen LogP contribution is -2.54. The van der Waals surface area contributed by atoms with Crippen molar-refractivity contribution in [2.75, 3.05) is 74.5 Å². The first-order chi connectivity index (χ1) is 30.9. The fourth-order valence-electron chi connectivity index (χ4n) is 9.73. The molecule has 10 rings (SSSR count). The number of imidazole rings is 1. The number of rotatable bonds is 11. The van der Waals surface area contributed by atoms with Crippen LogP contribution < -0.4 is 25.8 Å². The van der Waals surface area contributed by atoms with E-state index in [1.807, 2.05) is 59.5 Å². The first-order valence-electron chi connectivity index (χ1n) is 22.0. The molecule has 0 spiro atoms. The number of hydrogen-bond acceptors (Lipinski definition) is 11. The van der Waals surface area contributed by atoms with Crippen molar-refractivity contribution in [3.63, 3.8) is 0 Å². The van der Waals surface area contributed by atoms with Crippen molar-refractivity contribution in [1.29, 1.82) is 0 Å². The zero-order valence-corrected chi connectivity index (χ0v) is 36.1.